The summed E-state index contributed by atoms with van der Waals surface area (Å²) in [6.07, 6.45) is 0. The van der Waals surface area contributed by atoms with Gasteiger partial charge in [0.2, 0.25) is 0 Å². The van der Waals surface area contributed by atoms with Crippen LogP contribution < -0.4 is 9.80 Å². The summed E-state index contributed by atoms with van der Waals surface area (Å²) in [5.74, 6) is -0.590. The second kappa shape index (κ2) is 16.8. The average molecular weight is 939 g/mol. The largest absolute Gasteiger partial charge is 0.310 e. The highest BCUT2D eigenvalue weighted by Crippen LogP contribution is 2.61. The first-order valence-corrected chi connectivity index (χ1v) is 25.0. The third kappa shape index (κ3) is 7.26. The molecule has 2 aliphatic rings. The van der Waals surface area contributed by atoms with Crippen molar-refractivity contribution >= 4 is 44.9 Å². The molecule has 10 aromatic rings. The Bertz CT molecular complexity index is 3540. The van der Waals surface area contributed by atoms with Crippen molar-refractivity contribution < 1.29 is 8.78 Å². The fourth-order valence-electron chi connectivity index (χ4n) is 12.3. The van der Waals surface area contributed by atoms with E-state index in [9.17, 15) is 0 Å². The molecule has 0 atom stereocenters. The van der Waals surface area contributed by atoms with Gasteiger partial charge < -0.3 is 9.80 Å². The van der Waals surface area contributed by atoms with E-state index in [1.54, 1.807) is 12.1 Å². The van der Waals surface area contributed by atoms with Gasteiger partial charge in [-0.2, -0.15) is 0 Å². The summed E-state index contributed by atoms with van der Waals surface area (Å²) in [5.41, 5.74) is 23.0. The highest BCUT2D eigenvalue weighted by Gasteiger charge is 2.43. The number of halogens is 2. The maximum atomic E-state index is 15.8. The van der Waals surface area contributed by atoms with E-state index in [1.807, 2.05) is 24.3 Å². The fourth-order valence-corrected chi connectivity index (χ4v) is 12.3. The number of aryl methyl sites for hydroxylation is 4. The minimum absolute atomic E-state index is 0.295. The second-order valence-electron chi connectivity index (χ2n) is 21.2. The normalized spacial score (nSPS) is 13.6. The monoisotopic (exact) mass is 938 g/mol. The van der Waals surface area contributed by atoms with Gasteiger partial charge in [0.15, 0.2) is 0 Å². The summed E-state index contributed by atoms with van der Waals surface area (Å²) in [4.78, 5) is 4.70. The van der Waals surface area contributed by atoms with Gasteiger partial charge in [0.05, 0.1) is 0 Å². The number of fused-ring (bicyclic) bond motifs is 7. The molecule has 2 aliphatic carbocycles. The van der Waals surface area contributed by atoms with E-state index < -0.39 is 10.8 Å². The van der Waals surface area contributed by atoms with Gasteiger partial charge in [-0.05, 0) is 237 Å². The van der Waals surface area contributed by atoms with Gasteiger partial charge >= 0.3 is 0 Å². The van der Waals surface area contributed by atoms with Gasteiger partial charge in [-0.1, -0.05) is 113 Å². The molecule has 352 valence electrons. The first-order valence-electron chi connectivity index (χ1n) is 25.0. The smallest absolute Gasteiger partial charge is 0.123 e. The lowest BCUT2D eigenvalue weighted by molar-refractivity contribution is 0.628. The third-order valence-corrected chi connectivity index (χ3v) is 15.4. The number of nitrogens with zero attached hydrogens (tertiary/aromatic N) is 2. The zero-order valence-electron chi connectivity index (χ0n) is 42.1. The molecular weight excluding hydrogens is 883 g/mol. The maximum absolute atomic E-state index is 15.8. The quantitative estimate of drug-likeness (QED) is 0.150. The molecule has 0 amide bonds. The maximum Gasteiger partial charge on any atom is 0.123 e. The lowest BCUT2D eigenvalue weighted by atomic mass is 9.76. The van der Waals surface area contributed by atoms with Crippen molar-refractivity contribution in [2.45, 2.75) is 66.2 Å². The van der Waals surface area contributed by atoms with Crippen LogP contribution in [-0.2, 0) is 10.8 Å². The Balaban J connectivity index is 1.13. The summed E-state index contributed by atoms with van der Waals surface area (Å²) in [6, 6.07) is 67.2. The van der Waals surface area contributed by atoms with Crippen molar-refractivity contribution in [3.63, 3.8) is 0 Å². The fraction of sp³-hybridized carbons (Fsp3) is 0.147. The summed E-state index contributed by atoms with van der Waals surface area (Å²) in [7, 11) is 0. The van der Waals surface area contributed by atoms with Crippen LogP contribution in [0.1, 0.15) is 72.2 Å². The minimum Gasteiger partial charge on any atom is -0.310 e. The van der Waals surface area contributed by atoms with Crippen molar-refractivity contribution in [2.24, 2.45) is 0 Å². The van der Waals surface area contributed by atoms with Crippen LogP contribution in [0.5, 0.6) is 0 Å². The zero-order valence-corrected chi connectivity index (χ0v) is 42.1. The molecule has 10 aromatic carbocycles. The van der Waals surface area contributed by atoms with Crippen molar-refractivity contribution in [1.82, 2.24) is 0 Å². The highest BCUT2D eigenvalue weighted by atomic mass is 19.1. The van der Waals surface area contributed by atoms with E-state index in [1.165, 1.54) is 45.5 Å². The van der Waals surface area contributed by atoms with Crippen LogP contribution >= 0.6 is 0 Å². The molecule has 12 rings (SSSR count). The predicted octanol–water partition coefficient (Wildman–Crippen LogP) is 19.2. The number of anilines is 6. The van der Waals surface area contributed by atoms with Crippen LogP contribution in [0.2, 0.25) is 0 Å². The molecule has 0 saturated carbocycles. The molecule has 0 aromatic heterocycles. The van der Waals surface area contributed by atoms with Crippen molar-refractivity contribution in [2.75, 3.05) is 9.80 Å². The summed E-state index contributed by atoms with van der Waals surface area (Å²) in [5, 5.41) is 2.02. The molecule has 0 heterocycles. The summed E-state index contributed by atoms with van der Waals surface area (Å²) >= 11 is 0. The van der Waals surface area contributed by atoms with E-state index in [0.717, 1.165) is 101 Å². The Labute approximate surface area is 422 Å². The van der Waals surface area contributed by atoms with Gasteiger partial charge in [-0.25, -0.2) is 8.78 Å². The van der Waals surface area contributed by atoms with Gasteiger partial charge in [0, 0.05) is 45.0 Å². The summed E-state index contributed by atoms with van der Waals surface area (Å²) in [6.45, 7) is 17.9. The minimum atomic E-state index is -0.485. The summed E-state index contributed by atoms with van der Waals surface area (Å²) < 4.78 is 31.7. The Kier molecular flexibility index (Phi) is 10.5. The number of hydrogen-bond donors (Lipinski definition) is 0. The van der Waals surface area contributed by atoms with Crippen molar-refractivity contribution in [1.29, 1.82) is 0 Å². The Morgan fingerprint density at radius 2 is 0.681 bits per heavy atom. The Hall–Kier alpha value is -8.08. The first-order chi connectivity index (χ1) is 34.6. The SMILES string of the molecule is Cc1cc(C)cc(N(c2ccccc2)c2ccc3c(c2)C(C)(C)c2cc4c(-c5cccc(F)c5)c5c(cc4c(-c4cccc(F)c4)c2-3)C(C)(C)c2cc(N(c3ccccc3)c3cc(C)cc(C)c3)ccc2-5)c1. The molecule has 72 heavy (non-hydrogen) atoms. The lowest BCUT2D eigenvalue weighted by Gasteiger charge is -2.29. The van der Waals surface area contributed by atoms with E-state index >= 15 is 8.78 Å². The van der Waals surface area contributed by atoms with Crippen LogP contribution in [0.4, 0.5) is 42.9 Å². The average Bonchev–Trinajstić information content (AvgIpc) is 3.71. The molecule has 0 fully saturated rings. The second-order valence-corrected chi connectivity index (χ2v) is 21.2. The molecule has 0 radical (unpaired) electrons. The lowest BCUT2D eigenvalue weighted by Crippen LogP contribution is -2.17. The van der Waals surface area contributed by atoms with E-state index in [-0.39, 0.29) is 11.6 Å². The molecule has 0 N–H and O–H groups in total. The number of hydrogen-bond acceptors (Lipinski definition) is 2. The first kappa shape index (κ1) is 45.1. The molecular formula is C68H56F2N2. The molecule has 0 saturated heterocycles. The third-order valence-electron chi connectivity index (χ3n) is 15.4. The van der Waals surface area contributed by atoms with Crippen LogP contribution in [-0.4, -0.2) is 0 Å². The van der Waals surface area contributed by atoms with Gasteiger partial charge in [-0.3, -0.25) is 0 Å². The Morgan fingerprint density at radius 3 is 1.04 bits per heavy atom. The Morgan fingerprint density at radius 1 is 0.306 bits per heavy atom. The van der Waals surface area contributed by atoms with Crippen LogP contribution in [0.3, 0.4) is 0 Å². The van der Waals surface area contributed by atoms with Crippen LogP contribution in [0.15, 0.2) is 194 Å². The molecule has 4 heteroatoms. The number of para-hydroxylation sites is 2. The predicted molar refractivity (Wildman–Crippen MR) is 298 cm³/mol. The van der Waals surface area contributed by atoms with Gasteiger partial charge in [0.25, 0.3) is 0 Å². The van der Waals surface area contributed by atoms with Crippen LogP contribution in [0, 0.1) is 39.3 Å². The molecule has 0 aliphatic heterocycles. The molecule has 2 nitrogen and oxygen atoms in total. The van der Waals surface area contributed by atoms with Gasteiger partial charge in [0.1, 0.15) is 11.6 Å². The standard InChI is InChI=1S/C68H56F2N2/c1-41-29-42(2)32-53(31-41)71(49-21-11-9-12-22-49)51-25-27-55-59(37-51)67(5,6)61-39-57-58(63(65(55)61)45-17-15-19-47(69)35-45)40-62-66(64(57)46-18-16-20-48(70)36-46)56-28-26-52(38-60(56)68(62,7)8)72(50-23-13-10-14-24-50)54-33-43(3)30-44(4)34-54/h9-40H,1-8H3. The molecule has 0 unspecified atom stereocenters. The van der Waals surface area contributed by atoms with Crippen LogP contribution in [0.25, 0.3) is 55.3 Å². The molecule has 0 bridgehead atoms. The van der Waals surface area contributed by atoms with E-state index in [0.29, 0.717) is 0 Å². The number of rotatable bonds is 8. The van der Waals surface area contributed by atoms with Crippen molar-refractivity contribution in [3.05, 3.63) is 250 Å². The van der Waals surface area contributed by atoms with Crippen molar-refractivity contribution in [3.8, 4) is 44.5 Å². The van der Waals surface area contributed by atoms with E-state index in [4.69, 9.17) is 0 Å². The zero-order chi connectivity index (χ0) is 49.8. The number of benzene rings is 10. The van der Waals surface area contributed by atoms with Gasteiger partial charge in [-0.15, -0.1) is 0 Å². The van der Waals surface area contributed by atoms with E-state index in [2.05, 4.69) is 211 Å². The highest BCUT2D eigenvalue weighted by molar-refractivity contribution is 6.17. The molecule has 0 spiro atoms. The topological polar surface area (TPSA) is 6.48 Å².